The van der Waals surface area contributed by atoms with Crippen molar-refractivity contribution in [3.05, 3.63) is 0 Å². The first kappa shape index (κ1) is 15.8. The van der Waals surface area contributed by atoms with E-state index in [4.69, 9.17) is 0 Å². The fourth-order valence-electron chi connectivity index (χ4n) is 4.76. The van der Waals surface area contributed by atoms with Crippen LogP contribution < -0.4 is 5.32 Å². The summed E-state index contributed by atoms with van der Waals surface area (Å²) < 4.78 is 0. The molecule has 2 heteroatoms. The molecule has 1 N–H and O–H groups in total. The largest absolute Gasteiger partial charge is 0.311 e. The molecule has 3 aliphatic rings. The minimum Gasteiger partial charge on any atom is -0.311 e. The van der Waals surface area contributed by atoms with Gasteiger partial charge in [-0.1, -0.05) is 46.0 Å². The standard InChI is InChI=1S/C19H36N2/c1-3-15(2)19-12-20-18(17-10-5-4-6-11-17)14-21(19)13-16-8-7-9-16/h15-20H,3-14H2,1-2H3. The van der Waals surface area contributed by atoms with Gasteiger partial charge < -0.3 is 5.32 Å². The third kappa shape index (κ3) is 3.82. The highest BCUT2D eigenvalue weighted by atomic mass is 15.2. The summed E-state index contributed by atoms with van der Waals surface area (Å²) in [7, 11) is 0. The predicted molar refractivity (Wildman–Crippen MR) is 90.5 cm³/mol. The zero-order chi connectivity index (χ0) is 14.7. The van der Waals surface area contributed by atoms with Crippen molar-refractivity contribution in [1.82, 2.24) is 10.2 Å². The molecule has 0 amide bonds. The van der Waals surface area contributed by atoms with E-state index in [1.807, 2.05) is 0 Å². The maximum Gasteiger partial charge on any atom is 0.0247 e. The van der Waals surface area contributed by atoms with E-state index in [0.717, 1.165) is 29.8 Å². The highest BCUT2D eigenvalue weighted by Gasteiger charge is 2.36. The van der Waals surface area contributed by atoms with Crippen LogP contribution in [0.4, 0.5) is 0 Å². The summed E-state index contributed by atoms with van der Waals surface area (Å²) in [6.07, 6.45) is 13.2. The maximum absolute atomic E-state index is 3.95. The lowest BCUT2D eigenvalue weighted by Crippen LogP contribution is -2.61. The summed E-state index contributed by atoms with van der Waals surface area (Å²) in [5, 5.41) is 3.95. The van der Waals surface area contributed by atoms with E-state index in [9.17, 15) is 0 Å². The second kappa shape index (κ2) is 7.46. The zero-order valence-corrected chi connectivity index (χ0v) is 14.3. The van der Waals surface area contributed by atoms with Gasteiger partial charge in [-0.15, -0.1) is 0 Å². The van der Waals surface area contributed by atoms with Crippen molar-refractivity contribution in [3.63, 3.8) is 0 Å². The van der Waals surface area contributed by atoms with Crippen molar-refractivity contribution >= 4 is 0 Å². The second-order valence-corrected chi connectivity index (χ2v) is 8.12. The highest BCUT2D eigenvalue weighted by molar-refractivity contribution is 4.93. The van der Waals surface area contributed by atoms with E-state index < -0.39 is 0 Å². The lowest BCUT2D eigenvalue weighted by molar-refractivity contribution is 0.0420. The molecule has 3 unspecified atom stereocenters. The molecule has 3 fully saturated rings. The maximum atomic E-state index is 3.95. The Balaban J connectivity index is 1.60. The molecule has 2 saturated carbocycles. The molecule has 2 nitrogen and oxygen atoms in total. The van der Waals surface area contributed by atoms with Crippen LogP contribution in [0.3, 0.4) is 0 Å². The van der Waals surface area contributed by atoms with Crippen LogP contribution >= 0.6 is 0 Å². The molecule has 0 aromatic heterocycles. The average Bonchev–Trinajstić information content (AvgIpc) is 2.51. The molecule has 1 heterocycles. The van der Waals surface area contributed by atoms with Gasteiger partial charge in [0.15, 0.2) is 0 Å². The van der Waals surface area contributed by atoms with Crippen LogP contribution in [0.5, 0.6) is 0 Å². The Morgan fingerprint density at radius 1 is 1.05 bits per heavy atom. The SMILES string of the molecule is CCC(C)C1CNC(C2CCCCC2)CN1CC1CCC1. The monoisotopic (exact) mass is 292 g/mol. The fraction of sp³-hybridized carbons (Fsp3) is 1.00. The molecule has 0 spiro atoms. The Labute approximate surface area is 132 Å². The summed E-state index contributed by atoms with van der Waals surface area (Å²) in [4.78, 5) is 2.90. The van der Waals surface area contributed by atoms with Gasteiger partial charge in [0.2, 0.25) is 0 Å². The van der Waals surface area contributed by atoms with Crippen molar-refractivity contribution in [2.75, 3.05) is 19.6 Å². The van der Waals surface area contributed by atoms with E-state index in [1.54, 1.807) is 0 Å². The van der Waals surface area contributed by atoms with Crippen LogP contribution in [0.15, 0.2) is 0 Å². The lowest BCUT2D eigenvalue weighted by atomic mass is 9.80. The molecule has 122 valence electrons. The van der Waals surface area contributed by atoms with Crippen LogP contribution in [0.2, 0.25) is 0 Å². The van der Waals surface area contributed by atoms with Gasteiger partial charge in [-0.2, -0.15) is 0 Å². The molecule has 3 atom stereocenters. The van der Waals surface area contributed by atoms with E-state index in [-0.39, 0.29) is 0 Å². The number of hydrogen-bond donors (Lipinski definition) is 1. The van der Waals surface area contributed by atoms with Crippen molar-refractivity contribution in [1.29, 1.82) is 0 Å². The van der Waals surface area contributed by atoms with Gasteiger partial charge in [0, 0.05) is 31.7 Å². The smallest absolute Gasteiger partial charge is 0.0247 e. The van der Waals surface area contributed by atoms with E-state index in [1.165, 1.54) is 77.4 Å². The van der Waals surface area contributed by atoms with E-state index in [2.05, 4.69) is 24.1 Å². The third-order valence-electron chi connectivity index (χ3n) is 6.73. The van der Waals surface area contributed by atoms with Crippen molar-refractivity contribution in [3.8, 4) is 0 Å². The van der Waals surface area contributed by atoms with Gasteiger partial charge in [0.1, 0.15) is 0 Å². The molecule has 0 aromatic carbocycles. The predicted octanol–water partition coefficient (Wildman–Crippen LogP) is 4.06. The third-order valence-corrected chi connectivity index (χ3v) is 6.73. The number of nitrogens with zero attached hydrogens (tertiary/aromatic N) is 1. The van der Waals surface area contributed by atoms with E-state index in [0.29, 0.717) is 0 Å². The molecule has 0 radical (unpaired) electrons. The van der Waals surface area contributed by atoms with Gasteiger partial charge in [-0.05, 0) is 43.4 Å². The van der Waals surface area contributed by atoms with Crippen molar-refractivity contribution in [2.45, 2.75) is 83.7 Å². The number of rotatable bonds is 5. The Kier molecular flexibility index (Phi) is 5.61. The number of nitrogens with one attached hydrogen (secondary N) is 1. The molecule has 0 aromatic rings. The lowest BCUT2D eigenvalue weighted by Gasteiger charge is -2.48. The normalized spacial score (nSPS) is 34.6. The van der Waals surface area contributed by atoms with E-state index >= 15 is 0 Å². The second-order valence-electron chi connectivity index (χ2n) is 8.12. The van der Waals surface area contributed by atoms with Gasteiger partial charge in [0.25, 0.3) is 0 Å². The summed E-state index contributed by atoms with van der Waals surface area (Å²) >= 11 is 0. The summed E-state index contributed by atoms with van der Waals surface area (Å²) in [6, 6.07) is 1.57. The van der Waals surface area contributed by atoms with Crippen LogP contribution in [0, 0.1) is 17.8 Å². The van der Waals surface area contributed by atoms with Gasteiger partial charge >= 0.3 is 0 Å². The molecule has 21 heavy (non-hydrogen) atoms. The summed E-state index contributed by atoms with van der Waals surface area (Å²) in [5.74, 6) is 2.81. The molecule has 0 bridgehead atoms. The van der Waals surface area contributed by atoms with Crippen LogP contribution in [-0.2, 0) is 0 Å². The Morgan fingerprint density at radius 3 is 2.43 bits per heavy atom. The Morgan fingerprint density at radius 2 is 1.81 bits per heavy atom. The first-order valence-electron chi connectivity index (χ1n) is 9.75. The molecular formula is C19H36N2. The Bertz CT molecular complexity index is 307. The van der Waals surface area contributed by atoms with Crippen LogP contribution in [0.1, 0.15) is 71.6 Å². The summed E-state index contributed by atoms with van der Waals surface area (Å²) in [5.41, 5.74) is 0. The van der Waals surface area contributed by atoms with Crippen LogP contribution in [-0.4, -0.2) is 36.6 Å². The quantitative estimate of drug-likeness (QED) is 0.822. The average molecular weight is 293 g/mol. The zero-order valence-electron chi connectivity index (χ0n) is 14.3. The minimum atomic E-state index is 0.783. The molecule has 2 aliphatic carbocycles. The summed E-state index contributed by atoms with van der Waals surface area (Å²) in [6.45, 7) is 8.78. The molecule has 1 saturated heterocycles. The number of piperazine rings is 1. The molecule has 3 rings (SSSR count). The van der Waals surface area contributed by atoms with Crippen molar-refractivity contribution < 1.29 is 0 Å². The van der Waals surface area contributed by atoms with Gasteiger partial charge in [0.05, 0.1) is 0 Å². The topological polar surface area (TPSA) is 15.3 Å². The number of hydrogen-bond acceptors (Lipinski definition) is 2. The van der Waals surface area contributed by atoms with Crippen molar-refractivity contribution in [2.24, 2.45) is 17.8 Å². The van der Waals surface area contributed by atoms with Gasteiger partial charge in [-0.25, -0.2) is 0 Å². The first-order chi connectivity index (χ1) is 10.3. The molecule has 1 aliphatic heterocycles. The fourth-order valence-corrected chi connectivity index (χ4v) is 4.76. The molecular weight excluding hydrogens is 256 g/mol. The van der Waals surface area contributed by atoms with Crippen LogP contribution in [0.25, 0.3) is 0 Å². The first-order valence-corrected chi connectivity index (χ1v) is 9.75. The van der Waals surface area contributed by atoms with Gasteiger partial charge in [-0.3, -0.25) is 4.90 Å². The minimum absolute atomic E-state index is 0.783. The highest BCUT2D eigenvalue weighted by Crippen LogP contribution is 2.32. The Hall–Kier alpha value is -0.0800.